The van der Waals surface area contributed by atoms with Gasteiger partial charge in [0.1, 0.15) is 17.2 Å². The van der Waals surface area contributed by atoms with Gasteiger partial charge in [0, 0.05) is 10.9 Å². The molecule has 1 unspecified atom stereocenters. The Morgan fingerprint density at radius 3 is 2.89 bits per heavy atom. The number of hydrogen-bond donors (Lipinski definition) is 1. The van der Waals surface area contributed by atoms with E-state index in [0.717, 1.165) is 23.3 Å². The van der Waals surface area contributed by atoms with Crippen molar-refractivity contribution in [2.75, 3.05) is 6.54 Å². The molecular weight excluding hydrogens is 245 g/mol. The summed E-state index contributed by atoms with van der Waals surface area (Å²) in [6.07, 6.45) is 3.31. The zero-order valence-corrected chi connectivity index (χ0v) is 10.5. The molecule has 1 atom stereocenters. The molecule has 0 amide bonds. The average Bonchev–Trinajstić information content (AvgIpc) is 3.04. The van der Waals surface area contributed by atoms with E-state index < -0.39 is 0 Å². The molecule has 2 heterocycles. The third kappa shape index (κ3) is 2.27. The first-order chi connectivity index (χ1) is 9.28. The number of rotatable bonds is 4. The van der Waals surface area contributed by atoms with Gasteiger partial charge in [0.2, 0.25) is 0 Å². The lowest BCUT2D eigenvalue weighted by atomic mass is 10.1. The fourth-order valence-electron chi connectivity index (χ4n) is 2.20. The molecule has 0 saturated carbocycles. The first kappa shape index (κ1) is 12.0. The summed E-state index contributed by atoms with van der Waals surface area (Å²) in [5, 5.41) is 4.09. The van der Waals surface area contributed by atoms with E-state index in [1.165, 1.54) is 12.1 Å². The molecule has 2 aromatic heterocycles. The van der Waals surface area contributed by atoms with Crippen LogP contribution >= 0.6 is 0 Å². The second kappa shape index (κ2) is 4.90. The van der Waals surface area contributed by atoms with Crippen molar-refractivity contribution in [2.45, 2.75) is 13.0 Å². The van der Waals surface area contributed by atoms with Crippen LogP contribution in [0.1, 0.15) is 24.3 Å². The molecule has 0 fully saturated rings. The highest BCUT2D eigenvalue weighted by Crippen LogP contribution is 2.28. The van der Waals surface area contributed by atoms with Crippen molar-refractivity contribution < 1.29 is 13.2 Å². The van der Waals surface area contributed by atoms with E-state index in [1.807, 2.05) is 19.1 Å². The van der Waals surface area contributed by atoms with Gasteiger partial charge in [-0.15, -0.1) is 0 Å². The van der Waals surface area contributed by atoms with Gasteiger partial charge in [-0.3, -0.25) is 0 Å². The maximum absolute atomic E-state index is 13.2. The molecule has 1 aromatic carbocycles. The van der Waals surface area contributed by atoms with E-state index in [2.05, 4.69) is 5.32 Å². The normalized spacial score (nSPS) is 12.9. The summed E-state index contributed by atoms with van der Waals surface area (Å²) in [5.41, 5.74) is 1.67. The van der Waals surface area contributed by atoms with Crippen LogP contribution in [0.25, 0.3) is 11.0 Å². The fourth-order valence-corrected chi connectivity index (χ4v) is 2.20. The molecule has 19 heavy (non-hydrogen) atoms. The summed E-state index contributed by atoms with van der Waals surface area (Å²) in [6, 6.07) is 8.18. The minimum atomic E-state index is -0.261. The Hall–Kier alpha value is -2.07. The molecule has 0 radical (unpaired) electrons. The Kier molecular flexibility index (Phi) is 3.09. The number of nitrogens with one attached hydrogen (secondary N) is 1. The highest BCUT2D eigenvalue weighted by Gasteiger charge is 2.18. The van der Waals surface area contributed by atoms with E-state index >= 15 is 0 Å². The predicted octanol–water partition coefficient (Wildman–Crippen LogP) is 3.86. The largest absolute Gasteiger partial charge is 0.472 e. The summed E-state index contributed by atoms with van der Waals surface area (Å²) in [7, 11) is 0. The molecule has 0 spiro atoms. The first-order valence-corrected chi connectivity index (χ1v) is 6.22. The van der Waals surface area contributed by atoms with Gasteiger partial charge in [0.25, 0.3) is 0 Å². The van der Waals surface area contributed by atoms with Crippen LogP contribution in [0.4, 0.5) is 4.39 Å². The van der Waals surface area contributed by atoms with Crippen LogP contribution in [0.3, 0.4) is 0 Å². The molecule has 98 valence electrons. The number of benzene rings is 1. The lowest BCUT2D eigenvalue weighted by molar-refractivity contribution is 0.471. The standard InChI is InChI=1S/C15H14FNO2/c1-2-17-15(10-5-6-18-9-10)14-8-11-7-12(16)3-4-13(11)19-14/h3-9,15,17H,2H2,1H3. The second-order valence-electron chi connectivity index (χ2n) is 4.38. The molecule has 3 aromatic rings. The maximum Gasteiger partial charge on any atom is 0.134 e. The Morgan fingerprint density at radius 2 is 2.16 bits per heavy atom. The van der Waals surface area contributed by atoms with Gasteiger partial charge in [-0.2, -0.15) is 0 Å². The van der Waals surface area contributed by atoms with Gasteiger partial charge in [-0.1, -0.05) is 6.92 Å². The first-order valence-electron chi connectivity index (χ1n) is 6.22. The SMILES string of the molecule is CCNC(c1ccoc1)c1cc2cc(F)ccc2o1. The van der Waals surface area contributed by atoms with Gasteiger partial charge in [-0.05, 0) is 36.9 Å². The van der Waals surface area contributed by atoms with Crippen molar-refractivity contribution in [2.24, 2.45) is 0 Å². The molecule has 3 rings (SSSR count). The topological polar surface area (TPSA) is 38.3 Å². The third-order valence-corrected chi connectivity index (χ3v) is 3.07. The van der Waals surface area contributed by atoms with E-state index in [4.69, 9.17) is 8.83 Å². The van der Waals surface area contributed by atoms with Crippen LogP contribution < -0.4 is 5.32 Å². The summed E-state index contributed by atoms with van der Waals surface area (Å²) < 4.78 is 24.1. The van der Waals surface area contributed by atoms with Crippen LogP contribution in [0, 0.1) is 5.82 Å². The lowest BCUT2D eigenvalue weighted by Gasteiger charge is -2.13. The molecule has 3 nitrogen and oxygen atoms in total. The van der Waals surface area contributed by atoms with Crippen molar-refractivity contribution in [3.63, 3.8) is 0 Å². The van der Waals surface area contributed by atoms with Crippen LogP contribution in [-0.4, -0.2) is 6.54 Å². The summed E-state index contributed by atoms with van der Waals surface area (Å²) in [4.78, 5) is 0. The second-order valence-corrected chi connectivity index (χ2v) is 4.38. The summed E-state index contributed by atoms with van der Waals surface area (Å²) >= 11 is 0. The third-order valence-electron chi connectivity index (χ3n) is 3.07. The van der Waals surface area contributed by atoms with E-state index in [9.17, 15) is 4.39 Å². The molecule has 4 heteroatoms. The van der Waals surface area contributed by atoms with Crippen molar-refractivity contribution in [3.05, 3.63) is 60.0 Å². The molecule has 0 aliphatic carbocycles. The van der Waals surface area contributed by atoms with Crippen molar-refractivity contribution in [1.29, 1.82) is 0 Å². The van der Waals surface area contributed by atoms with Crippen molar-refractivity contribution >= 4 is 11.0 Å². The monoisotopic (exact) mass is 259 g/mol. The minimum Gasteiger partial charge on any atom is -0.472 e. The Balaban J connectivity index is 2.05. The van der Waals surface area contributed by atoms with E-state index in [-0.39, 0.29) is 11.9 Å². The molecule has 0 bridgehead atoms. The van der Waals surface area contributed by atoms with Crippen molar-refractivity contribution in [3.8, 4) is 0 Å². The lowest BCUT2D eigenvalue weighted by Crippen LogP contribution is -2.20. The number of furan rings is 2. The molecular formula is C15H14FNO2. The Labute approximate surface area is 110 Å². The Bertz CT molecular complexity index is 673. The van der Waals surface area contributed by atoms with E-state index in [1.54, 1.807) is 18.6 Å². The quantitative estimate of drug-likeness (QED) is 0.773. The highest BCUT2D eigenvalue weighted by atomic mass is 19.1. The average molecular weight is 259 g/mol. The zero-order chi connectivity index (χ0) is 13.2. The van der Waals surface area contributed by atoms with Gasteiger partial charge >= 0.3 is 0 Å². The molecule has 0 aliphatic heterocycles. The Morgan fingerprint density at radius 1 is 1.26 bits per heavy atom. The molecule has 0 saturated heterocycles. The van der Waals surface area contributed by atoms with Crippen LogP contribution in [0.5, 0.6) is 0 Å². The summed E-state index contributed by atoms with van der Waals surface area (Å²) in [5.74, 6) is 0.493. The smallest absolute Gasteiger partial charge is 0.134 e. The van der Waals surface area contributed by atoms with Crippen molar-refractivity contribution in [1.82, 2.24) is 5.32 Å². The molecule has 0 aliphatic rings. The van der Waals surface area contributed by atoms with Gasteiger partial charge in [0.05, 0.1) is 18.6 Å². The van der Waals surface area contributed by atoms with Gasteiger partial charge in [-0.25, -0.2) is 4.39 Å². The maximum atomic E-state index is 13.2. The van der Waals surface area contributed by atoms with Gasteiger partial charge < -0.3 is 14.2 Å². The zero-order valence-electron chi connectivity index (χ0n) is 10.5. The number of fused-ring (bicyclic) bond motifs is 1. The minimum absolute atomic E-state index is 0.0841. The van der Waals surface area contributed by atoms with Gasteiger partial charge in [0.15, 0.2) is 0 Å². The molecule has 1 N–H and O–H groups in total. The van der Waals surface area contributed by atoms with Crippen LogP contribution in [0.2, 0.25) is 0 Å². The van der Waals surface area contributed by atoms with Crippen LogP contribution in [-0.2, 0) is 0 Å². The van der Waals surface area contributed by atoms with Crippen LogP contribution in [0.15, 0.2) is 51.7 Å². The number of hydrogen-bond acceptors (Lipinski definition) is 3. The predicted molar refractivity (Wildman–Crippen MR) is 70.4 cm³/mol. The summed E-state index contributed by atoms with van der Waals surface area (Å²) in [6.45, 7) is 2.82. The highest BCUT2D eigenvalue weighted by molar-refractivity contribution is 5.78. The van der Waals surface area contributed by atoms with E-state index in [0.29, 0.717) is 5.58 Å². The fraction of sp³-hybridized carbons (Fsp3) is 0.200. The number of halogens is 1.